The van der Waals surface area contributed by atoms with Gasteiger partial charge < -0.3 is 14.9 Å². The highest BCUT2D eigenvalue weighted by Gasteiger charge is 2.22. The standard InChI is InChI=1S/C12H18N8/c1-3-9-15-11(17-13)8(2)12(16-9)19-4-5-20-7-14-18-10(20)6-19/h7H,3-6,13H2,1-2H3,(H,15,16,17). The number of nitrogens with one attached hydrogen (secondary N) is 1. The van der Waals surface area contributed by atoms with Gasteiger partial charge in [-0.2, -0.15) is 0 Å². The molecule has 106 valence electrons. The van der Waals surface area contributed by atoms with Crippen molar-refractivity contribution in [1.29, 1.82) is 0 Å². The van der Waals surface area contributed by atoms with E-state index in [1.54, 1.807) is 6.33 Å². The van der Waals surface area contributed by atoms with Crippen molar-refractivity contribution >= 4 is 11.6 Å². The van der Waals surface area contributed by atoms with Crippen molar-refractivity contribution in [2.45, 2.75) is 33.4 Å². The summed E-state index contributed by atoms with van der Waals surface area (Å²) < 4.78 is 2.07. The zero-order chi connectivity index (χ0) is 14.1. The van der Waals surface area contributed by atoms with Crippen LogP contribution in [0.5, 0.6) is 0 Å². The summed E-state index contributed by atoms with van der Waals surface area (Å²) in [6.45, 7) is 6.44. The number of hydrogen-bond acceptors (Lipinski definition) is 7. The molecule has 0 saturated heterocycles. The molecule has 1 aliphatic heterocycles. The molecule has 0 radical (unpaired) electrons. The van der Waals surface area contributed by atoms with Gasteiger partial charge in [-0.15, -0.1) is 10.2 Å². The number of nitrogen functional groups attached to an aromatic ring is 1. The number of hydrogen-bond donors (Lipinski definition) is 2. The van der Waals surface area contributed by atoms with Crippen molar-refractivity contribution in [3.63, 3.8) is 0 Å². The Morgan fingerprint density at radius 3 is 2.95 bits per heavy atom. The third-order valence-corrected chi connectivity index (χ3v) is 3.56. The summed E-state index contributed by atoms with van der Waals surface area (Å²) in [4.78, 5) is 11.2. The van der Waals surface area contributed by atoms with Gasteiger partial charge in [0.05, 0.1) is 6.54 Å². The summed E-state index contributed by atoms with van der Waals surface area (Å²) in [5.74, 6) is 8.88. The van der Waals surface area contributed by atoms with Gasteiger partial charge >= 0.3 is 0 Å². The van der Waals surface area contributed by atoms with Crippen LogP contribution in [0.3, 0.4) is 0 Å². The van der Waals surface area contributed by atoms with Crippen LogP contribution < -0.4 is 16.2 Å². The molecule has 20 heavy (non-hydrogen) atoms. The molecule has 0 bridgehead atoms. The van der Waals surface area contributed by atoms with E-state index in [1.165, 1.54) is 0 Å². The molecular formula is C12H18N8. The second kappa shape index (κ2) is 5.04. The lowest BCUT2D eigenvalue weighted by atomic mass is 10.2. The first-order valence-electron chi connectivity index (χ1n) is 6.68. The molecule has 0 aromatic carbocycles. The summed E-state index contributed by atoms with van der Waals surface area (Å²) in [5, 5.41) is 8.08. The summed E-state index contributed by atoms with van der Waals surface area (Å²) in [5.41, 5.74) is 3.61. The molecule has 8 heteroatoms. The van der Waals surface area contributed by atoms with Crippen molar-refractivity contribution in [1.82, 2.24) is 24.7 Å². The van der Waals surface area contributed by atoms with Crippen LogP contribution in [-0.2, 0) is 19.5 Å². The van der Waals surface area contributed by atoms with Gasteiger partial charge in [-0.25, -0.2) is 15.8 Å². The lowest BCUT2D eigenvalue weighted by molar-refractivity contribution is 0.554. The largest absolute Gasteiger partial charge is 0.347 e. The quantitative estimate of drug-likeness (QED) is 0.611. The van der Waals surface area contributed by atoms with Crippen molar-refractivity contribution < 1.29 is 0 Å². The fourth-order valence-corrected chi connectivity index (χ4v) is 2.40. The fraction of sp³-hybridized carbons (Fsp3) is 0.500. The minimum absolute atomic E-state index is 0.680. The molecule has 0 fully saturated rings. The molecule has 0 unspecified atom stereocenters. The maximum absolute atomic E-state index is 5.55. The predicted octanol–water partition coefficient (Wildman–Crippen LogP) is 0.245. The highest BCUT2D eigenvalue weighted by Crippen LogP contribution is 2.26. The molecule has 0 spiro atoms. The second-order valence-electron chi connectivity index (χ2n) is 4.80. The lowest BCUT2D eigenvalue weighted by Gasteiger charge is -2.29. The van der Waals surface area contributed by atoms with E-state index >= 15 is 0 Å². The van der Waals surface area contributed by atoms with Gasteiger partial charge in [-0.05, 0) is 6.92 Å². The van der Waals surface area contributed by atoms with E-state index in [0.29, 0.717) is 12.4 Å². The summed E-state index contributed by atoms with van der Waals surface area (Å²) >= 11 is 0. The van der Waals surface area contributed by atoms with Crippen LogP contribution in [0.25, 0.3) is 0 Å². The Labute approximate surface area is 117 Å². The first-order chi connectivity index (χ1) is 9.72. The van der Waals surface area contributed by atoms with Gasteiger partial charge in [-0.1, -0.05) is 6.92 Å². The summed E-state index contributed by atoms with van der Waals surface area (Å²) in [6, 6.07) is 0. The van der Waals surface area contributed by atoms with E-state index in [2.05, 4.69) is 35.1 Å². The predicted molar refractivity (Wildman–Crippen MR) is 75.0 cm³/mol. The van der Waals surface area contributed by atoms with Gasteiger partial charge in [0.2, 0.25) is 0 Å². The normalized spacial score (nSPS) is 14.2. The molecule has 0 saturated carbocycles. The monoisotopic (exact) mass is 274 g/mol. The van der Waals surface area contributed by atoms with Crippen molar-refractivity contribution in [2.75, 3.05) is 16.9 Å². The number of nitrogens with zero attached hydrogens (tertiary/aromatic N) is 6. The zero-order valence-electron chi connectivity index (χ0n) is 11.7. The molecule has 3 heterocycles. The molecule has 3 N–H and O–H groups in total. The first kappa shape index (κ1) is 12.8. The van der Waals surface area contributed by atoms with E-state index in [9.17, 15) is 0 Å². The van der Waals surface area contributed by atoms with Gasteiger partial charge in [0.15, 0.2) is 5.82 Å². The first-order valence-corrected chi connectivity index (χ1v) is 6.68. The fourth-order valence-electron chi connectivity index (χ4n) is 2.40. The van der Waals surface area contributed by atoms with Crippen molar-refractivity contribution in [2.24, 2.45) is 5.84 Å². The Hall–Kier alpha value is -2.22. The van der Waals surface area contributed by atoms with Crippen LogP contribution in [0.4, 0.5) is 11.6 Å². The van der Waals surface area contributed by atoms with E-state index in [1.807, 2.05) is 13.8 Å². The van der Waals surface area contributed by atoms with E-state index in [4.69, 9.17) is 5.84 Å². The highest BCUT2D eigenvalue weighted by molar-refractivity contribution is 5.58. The van der Waals surface area contributed by atoms with Gasteiger partial charge in [0.1, 0.15) is 23.8 Å². The number of nitrogens with two attached hydrogens (primary N) is 1. The minimum atomic E-state index is 0.680. The minimum Gasteiger partial charge on any atom is -0.347 e. The molecule has 0 amide bonds. The van der Waals surface area contributed by atoms with Crippen LogP contribution >= 0.6 is 0 Å². The number of rotatable bonds is 3. The third-order valence-electron chi connectivity index (χ3n) is 3.56. The van der Waals surface area contributed by atoms with E-state index in [0.717, 1.165) is 42.5 Å². The number of anilines is 2. The average Bonchev–Trinajstić information content (AvgIpc) is 2.95. The number of aromatic nitrogens is 5. The molecule has 1 aliphatic rings. The lowest BCUT2D eigenvalue weighted by Crippen LogP contribution is -2.35. The average molecular weight is 274 g/mol. The molecule has 2 aromatic heterocycles. The molecule has 0 atom stereocenters. The van der Waals surface area contributed by atoms with Gasteiger partial charge in [-0.3, -0.25) is 0 Å². The van der Waals surface area contributed by atoms with E-state index < -0.39 is 0 Å². The Morgan fingerprint density at radius 1 is 1.35 bits per heavy atom. The SMILES string of the molecule is CCc1nc(NN)c(C)c(N2CCn3cnnc3C2)n1. The number of hydrazine groups is 1. The van der Waals surface area contributed by atoms with Crippen molar-refractivity contribution in [3.8, 4) is 0 Å². The Kier molecular flexibility index (Phi) is 3.23. The van der Waals surface area contributed by atoms with Crippen LogP contribution in [-0.4, -0.2) is 31.3 Å². The molecule has 2 aromatic rings. The maximum atomic E-state index is 5.55. The van der Waals surface area contributed by atoms with Gasteiger partial charge in [0, 0.05) is 25.1 Å². The summed E-state index contributed by atoms with van der Waals surface area (Å²) in [6.07, 6.45) is 2.54. The van der Waals surface area contributed by atoms with Crippen molar-refractivity contribution in [3.05, 3.63) is 23.5 Å². The molecule has 0 aliphatic carbocycles. The second-order valence-corrected chi connectivity index (χ2v) is 4.80. The zero-order valence-corrected chi connectivity index (χ0v) is 11.7. The topological polar surface area (TPSA) is 97.8 Å². The number of aryl methyl sites for hydroxylation is 1. The van der Waals surface area contributed by atoms with Crippen LogP contribution in [0.15, 0.2) is 6.33 Å². The van der Waals surface area contributed by atoms with Crippen LogP contribution in [0.2, 0.25) is 0 Å². The van der Waals surface area contributed by atoms with Gasteiger partial charge in [0.25, 0.3) is 0 Å². The third kappa shape index (κ3) is 2.07. The van der Waals surface area contributed by atoms with E-state index in [-0.39, 0.29) is 0 Å². The smallest absolute Gasteiger partial charge is 0.152 e. The van der Waals surface area contributed by atoms with Crippen LogP contribution in [0, 0.1) is 6.92 Å². The Bertz CT molecular complexity index is 620. The Morgan fingerprint density at radius 2 is 2.20 bits per heavy atom. The number of fused-ring (bicyclic) bond motifs is 1. The van der Waals surface area contributed by atoms with Crippen LogP contribution in [0.1, 0.15) is 24.1 Å². The molecular weight excluding hydrogens is 256 g/mol. The maximum Gasteiger partial charge on any atom is 0.152 e. The summed E-state index contributed by atoms with van der Waals surface area (Å²) in [7, 11) is 0. The molecule has 3 rings (SSSR count). The highest BCUT2D eigenvalue weighted by atomic mass is 15.3. The Balaban J connectivity index is 1.98. The molecule has 8 nitrogen and oxygen atoms in total.